The van der Waals surface area contributed by atoms with E-state index in [1.54, 1.807) is 32.3 Å². The molecule has 1 heterocycles. The van der Waals surface area contributed by atoms with E-state index < -0.39 is 0 Å². The molecular weight excluding hydrogens is 220 g/mol. The summed E-state index contributed by atoms with van der Waals surface area (Å²) >= 11 is 0. The molecule has 92 valence electrons. The zero-order valence-electron chi connectivity index (χ0n) is 9.97. The van der Waals surface area contributed by atoms with Gasteiger partial charge in [0.1, 0.15) is 5.76 Å². The third-order valence-electron chi connectivity index (χ3n) is 2.08. The summed E-state index contributed by atoms with van der Waals surface area (Å²) in [6, 6.07) is 3.49. The maximum absolute atomic E-state index is 11.3. The predicted molar refractivity (Wildman–Crippen MR) is 64.1 cm³/mol. The van der Waals surface area contributed by atoms with E-state index >= 15 is 0 Å². The lowest BCUT2D eigenvalue weighted by atomic mass is 10.3. The topological polar surface area (TPSA) is 62.6 Å². The molecule has 0 atom stereocenters. The van der Waals surface area contributed by atoms with E-state index in [9.17, 15) is 9.59 Å². The minimum absolute atomic E-state index is 0.0136. The summed E-state index contributed by atoms with van der Waals surface area (Å²) in [7, 11) is 3.36. The van der Waals surface area contributed by atoms with E-state index in [1.165, 1.54) is 17.2 Å². The molecule has 1 aromatic heterocycles. The third-order valence-corrected chi connectivity index (χ3v) is 2.08. The first-order valence-corrected chi connectivity index (χ1v) is 5.29. The van der Waals surface area contributed by atoms with Crippen LogP contribution in [0.25, 0.3) is 6.08 Å². The van der Waals surface area contributed by atoms with E-state index in [0.29, 0.717) is 18.7 Å². The highest BCUT2D eigenvalue weighted by atomic mass is 16.3. The Balaban J connectivity index is 2.24. The molecule has 0 saturated carbocycles. The molecule has 1 rings (SSSR count). The summed E-state index contributed by atoms with van der Waals surface area (Å²) in [5.74, 6) is 0.359. The van der Waals surface area contributed by atoms with E-state index in [4.69, 9.17) is 4.42 Å². The lowest BCUT2D eigenvalue weighted by molar-refractivity contribution is -0.128. The molecule has 0 aromatic carbocycles. The average molecular weight is 236 g/mol. The van der Waals surface area contributed by atoms with Crippen LogP contribution in [0, 0.1) is 0 Å². The van der Waals surface area contributed by atoms with Gasteiger partial charge in [-0.05, 0) is 18.2 Å². The van der Waals surface area contributed by atoms with Crippen LogP contribution in [0.4, 0.5) is 0 Å². The molecule has 2 amide bonds. The first kappa shape index (κ1) is 13.0. The molecular formula is C12H16N2O3. The highest BCUT2D eigenvalue weighted by Crippen LogP contribution is 2.01. The van der Waals surface area contributed by atoms with Crippen LogP contribution in [-0.4, -0.2) is 37.4 Å². The van der Waals surface area contributed by atoms with Crippen LogP contribution < -0.4 is 5.32 Å². The monoisotopic (exact) mass is 236 g/mol. The van der Waals surface area contributed by atoms with Crippen LogP contribution in [-0.2, 0) is 9.59 Å². The van der Waals surface area contributed by atoms with Gasteiger partial charge in [-0.3, -0.25) is 9.59 Å². The van der Waals surface area contributed by atoms with Gasteiger partial charge in [-0.15, -0.1) is 0 Å². The number of hydrogen-bond acceptors (Lipinski definition) is 3. The van der Waals surface area contributed by atoms with Gasteiger partial charge in [-0.2, -0.15) is 0 Å². The van der Waals surface area contributed by atoms with Crippen LogP contribution in [0.5, 0.6) is 0 Å². The van der Waals surface area contributed by atoms with E-state index in [0.717, 1.165) is 0 Å². The number of nitrogens with zero attached hydrogens (tertiary/aromatic N) is 1. The molecule has 0 aliphatic rings. The number of carbonyl (C=O) groups excluding carboxylic acids is 2. The second-order valence-electron chi connectivity index (χ2n) is 3.68. The fourth-order valence-electron chi connectivity index (χ4n) is 1.12. The summed E-state index contributed by atoms with van der Waals surface area (Å²) in [6.45, 7) is 0.332. The fraction of sp³-hybridized carbons (Fsp3) is 0.333. The number of nitrogens with one attached hydrogen (secondary N) is 1. The van der Waals surface area contributed by atoms with Gasteiger partial charge in [-0.25, -0.2) is 0 Å². The van der Waals surface area contributed by atoms with Crippen LogP contribution >= 0.6 is 0 Å². The minimum Gasteiger partial charge on any atom is -0.465 e. The summed E-state index contributed by atoms with van der Waals surface area (Å²) in [5, 5.41) is 2.62. The number of hydrogen-bond donors (Lipinski definition) is 1. The minimum atomic E-state index is -0.243. The molecule has 0 unspecified atom stereocenters. The Morgan fingerprint density at radius 1 is 1.47 bits per heavy atom. The predicted octanol–water partition coefficient (Wildman–Crippen LogP) is 0.887. The van der Waals surface area contributed by atoms with Crippen molar-refractivity contribution in [3.8, 4) is 0 Å². The second kappa shape index (κ2) is 6.52. The van der Waals surface area contributed by atoms with Crippen LogP contribution in [0.15, 0.2) is 28.9 Å². The maximum atomic E-state index is 11.3. The Hall–Kier alpha value is -2.04. The molecule has 5 heteroatoms. The maximum Gasteiger partial charge on any atom is 0.244 e. The van der Waals surface area contributed by atoms with Gasteiger partial charge < -0.3 is 14.6 Å². The lowest BCUT2D eigenvalue weighted by Gasteiger charge is -2.09. The van der Waals surface area contributed by atoms with Crippen molar-refractivity contribution < 1.29 is 14.0 Å². The van der Waals surface area contributed by atoms with E-state index in [1.807, 2.05) is 0 Å². The number of rotatable bonds is 5. The van der Waals surface area contributed by atoms with Gasteiger partial charge in [0, 0.05) is 33.1 Å². The molecule has 0 saturated heterocycles. The summed E-state index contributed by atoms with van der Waals surface area (Å²) in [4.78, 5) is 24.0. The molecule has 0 aliphatic heterocycles. The molecule has 1 aromatic rings. The van der Waals surface area contributed by atoms with Crippen LogP contribution in [0.1, 0.15) is 12.2 Å². The molecule has 0 fully saturated rings. The molecule has 0 spiro atoms. The van der Waals surface area contributed by atoms with Crippen LogP contribution in [0.2, 0.25) is 0 Å². The zero-order chi connectivity index (χ0) is 12.7. The Bertz CT molecular complexity index is 394. The van der Waals surface area contributed by atoms with Gasteiger partial charge in [0.15, 0.2) is 0 Å². The SMILES string of the molecule is CN(C)C(=O)CCNC(=O)/C=C/c1ccco1. The second-order valence-corrected chi connectivity index (χ2v) is 3.68. The molecule has 17 heavy (non-hydrogen) atoms. The van der Waals surface area contributed by atoms with Crippen molar-refractivity contribution in [2.45, 2.75) is 6.42 Å². The van der Waals surface area contributed by atoms with Crippen molar-refractivity contribution in [3.63, 3.8) is 0 Å². The summed E-state index contributed by atoms with van der Waals surface area (Å²) in [6.07, 6.45) is 4.78. The Morgan fingerprint density at radius 2 is 2.24 bits per heavy atom. The first-order valence-electron chi connectivity index (χ1n) is 5.29. The average Bonchev–Trinajstić information content (AvgIpc) is 2.78. The normalized spacial score (nSPS) is 10.5. The van der Waals surface area contributed by atoms with E-state index in [2.05, 4.69) is 5.32 Å². The Labute approximate surface area is 100 Å². The standard InChI is InChI=1S/C12H16N2O3/c1-14(2)12(16)7-8-13-11(15)6-5-10-4-3-9-17-10/h3-6,9H,7-8H2,1-2H3,(H,13,15)/b6-5+. The van der Waals surface area contributed by atoms with Crippen molar-refractivity contribution in [2.75, 3.05) is 20.6 Å². The van der Waals surface area contributed by atoms with Crippen molar-refractivity contribution >= 4 is 17.9 Å². The highest BCUT2D eigenvalue weighted by molar-refractivity contribution is 5.91. The summed E-state index contributed by atoms with van der Waals surface area (Å²) in [5.41, 5.74) is 0. The number of amides is 2. The van der Waals surface area contributed by atoms with Gasteiger partial charge in [0.25, 0.3) is 0 Å². The molecule has 1 N–H and O–H groups in total. The quantitative estimate of drug-likeness (QED) is 0.772. The van der Waals surface area contributed by atoms with Gasteiger partial charge >= 0.3 is 0 Å². The lowest BCUT2D eigenvalue weighted by Crippen LogP contribution is -2.29. The highest BCUT2D eigenvalue weighted by Gasteiger charge is 2.03. The molecule has 5 nitrogen and oxygen atoms in total. The third kappa shape index (κ3) is 5.01. The summed E-state index contributed by atoms with van der Waals surface area (Å²) < 4.78 is 5.03. The smallest absolute Gasteiger partial charge is 0.244 e. The van der Waals surface area contributed by atoms with Crippen LogP contribution in [0.3, 0.4) is 0 Å². The van der Waals surface area contributed by atoms with Crippen molar-refractivity contribution in [2.24, 2.45) is 0 Å². The van der Waals surface area contributed by atoms with Crippen molar-refractivity contribution in [1.82, 2.24) is 10.2 Å². The Kier molecular flexibility index (Phi) is 5.00. The fourth-order valence-corrected chi connectivity index (χ4v) is 1.12. The van der Waals surface area contributed by atoms with Gasteiger partial charge in [0.05, 0.1) is 6.26 Å². The molecule has 0 aliphatic carbocycles. The first-order chi connectivity index (χ1) is 8.09. The zero-order valence-corrected chi connectivity index (χ0v) is 9.97. The van der Waals surface area contributed by atoms with Crippen molar-refractivity contribution in [3.05, 3.63) is 30.2 Å². The van der Waals surface area contributed by atoms with E-state index in [-0.39, 0.29) is 11.8 Å². The number of furan rings is 1. The number of carbonyl (C=O) groups is 2. The van der Waals surface area contributed by atoms with Gasteiger partial charge in [0.2, 0.25) is 11.8 Å². The molecule has 0 radical (unpaired) electrons. The largest absolute Gasteiger partial charge is 0.465 e. The Morgan fingerprint density at radius 3 is 2.82 bits per heavy atom. The van der Waals surface area contributed by atoms with Crippen molar-refractivity contribution in [1.29, 1.82) is 0 Å². The van der Waals surface area contributed by atoms with Gasteiger partial charge in [-0.1, -0.05) is 0 Å². The molecule has 0 bridgehead atoms.